The van der Waals surface area contributed by atoms with Gasteiger partial charge in [0.15, 0.2) is 0 Å². The van der Waals surface area contributed by atoms with Crippen LogP contribution in [-0.4, -0.2) is 28.2 Å². The van der Waals surface area contributed by atoms with Gasteiger partial charge in [-0.05, 0) is 42.0 Å². The number of benzene rings is 2. The van der Waals surface area contributed by atoms with Crippen LogP contribution in [0.5, 0.6) is 0 Å². The van der Waals surface area contributed by atoms with Crippen molar-refractivity contribution in [3.63, 3.8) is 0 Å². The van der Waals surface area contributed by atoms with E-state index in [1.807, 2.05) is 0 Å². The average molecular weight is 388 g/mol. The van der Waals surface area contributed by atoms with E-state index in [9.17, 15) is 14.7 Å². The first kappa shape index (κ1) is 18.2. The van der Waals surface area contributed by atoms with Crippen molar-refractivity contribution in [2.75, 3.05) is 6.54 Å². The van der Waals surface area contributed by atoms with Crippen molar-refractivity contribution in [1.29, 1.82) is 0 Å². The van der Waals surface area contributed by atoms with Crippen LogP contribution in [0, 0.1) is 0 Å². The minimum Gasteiger partial charge on any atom is -0.507 e. The second-order valence-corrected chi connectivity index (χ2v) is 6.67. The Morgan fingerprint density at radius 3 is 2.12 bits per heavy atom. The second-order valence-electron chi connectivity index (χ2n) is 5.80. The van der Waals surface area contributed by atoms with Gasteiger partial charge in [-0.2, -0.15) is 0 Å². The van der Waals surface area contributed by atoms with Gasteiger partial charge in [0.25, 0.3) is 11.7 Å². The molecule has 4 nitrogen and oxygen atoms in total. The molecule has 1 amide bonds. The summed E-state index contributed by atoms with van der Waals surface area (Å²) in [5, 5.41) is 11.8. The quantitative estimate of drug-likeness (QED) is 0.361. The first-order valence-electron chi connectivity index (χ1n) is 7.84. The van der Waals surface area contributed by atoms with Crippen molar-refractivity contribution in [3.8, 4) is 0 Å². The number of hydrogen-bond donors (Lipinski definition) is 1. The lowest BCUT2D eigenvalue weighted by molar-refractivity contribution is -0.139. The number of ketones is 1. The van der Waals surface area contributed by atoms with Crippen molar-refractivity contribution in [2.45, 2.75) is 6.04 Å². The zero-order chi connectivity index (χ0) is 18.8. The number of likely N-dealkylation sites (tertiary alicyclic amines) is 1. The van der Waals surface area contributed by atoms with Crippen LogP contribution >= 0.6 is 23.2 Å². The third-order valence-electron chi connectivity index (χ3n) is 4.17. The van der Waals surface area contributed by atoms with E-state index in [1.165, 1.54) is 11.0 Å². The summed E-state index contributed by atoms with van der Waals surface area (Å²) in [6.45, 7) is 3.82. The van der Waals surface area contributed by atoms with Gasteiger partial charge in [0, 0.05) is 22.2 Å². The molecular weight excluding hydrogens is 373 g/mol. The molecular formula is C20H15Cl2NO3. The summed E-state index contributed by atoms with van der Waals surface area (Å²) in [7, 11) is 0. The van der Waals surface area contributed by atoms with E-state index < -0.39 is 17.7 Å². The highest BCUT2D eigenvalue weighted by atomic mass is 35.5. The van der Waals surface area contributed by atoms with Gasteiger partial charge < -0.3 is 10.0 Å². The fraction of sp³-hybridized carbons (Fsp3) is 0.100. The molecule has 0 bridgehead atoms. The predicted molar refractivity (Wildman–Crippen MR) is 102 cm³/mol. The standard InChI is InChI=1S/C20H15Cl2NO3/c1-2-11-23-17(12-3-7-14(21)8-4-12)16(19(25)20(23)26)18(24)13-5-9-15(22)10-6-13/h2-10,17,24H,1,11H2/t17-/m0/s1. The lowest BCUT2D eigenvalue weighted by atomic mass is 9.95. The molecule has 1 heterocycles. The summed E-state index contributed by atoms with van der Waals surface area (Å²) in [6.07, 6.45) is 1.54. The molecule has 132 valence electrons. The van der Waals surface area contributed by atoms with Crippen LogP contribution in [0.4, 0.5) is 0 Å². The number of aliphatic hydroxyl groups excluding tert-OH is 1. The molecule has 1 N–H and O–H groups in total. The smallest absolute Gasteiger partial charge is 0.295 e. The molecule has 0 saturated carbocycles. The Labute approximate surface area is 161 Å². The van der Waals surface area contributed by atoms with Gasteiger partial charge in [0.2, 0.25) is 0 Å². The Morgan fingerprint density at radius 1 is 1.04 bits per heavy atom. The molecule has 0 aromatic heterocycles. The minimum absolute atomic E-state index is 0.0292. The third kappa shape index (κ3) is 3.26. The zero-order valence-electron chi connectivity index (χ0n) is 13.7. The number of halogens is 2. The van der Waals surface area contributed by atoms with Gasteiger partial charge in [-0.25, -0.2) is 0 Å². The van der Waals surface area contributed by atoms with E-state index >= 15 is 0 Å². The van der Waals surface area contributed by atoms with Gasteiger partial charge in [0.1, 0.15) is 5.76 Å². The summed E-state index contributed by atoms with van der Waals surface area (Å²) < 4.78 is 0. The van der Waals surface area contributed by atoms with E-state index in [4.69, 9.17) is 23.2 Å². The Balaban J connectivity index is 2.18. The normalized spacial score (nSPS) is 19.0. The summed E-state index contributed by atoms with van der Waals surface area (Å²) in [6, 6.07) is 12.5. The van der Waals surface area contributed by atoms with Crippen LogP contribution in [-0.2, 0) is 9.59 Å². The van der Waals surface area contributed by atoms with Crippen molar-refractivity contribution < 1.29 is 14.7 Å². The molecule has 0 radical (unpaired) electrons. The van der Waals surface area contributed by atoms with Crippen LogP contribution in [0.1, 0.15) is 17.2 Å². The molecule has 3 rings (SSSR count). The number of amides is 1. The van der Waals surface area contributed by atoms with Gasteiger partial charge in [-0.15, -0.1) is 6.58 Å². The second kappa shape index (κ2) is 7.36. The number of carbonyl (C=O) groups excluding carboxylic acids is 2. The number of rotatable bonds is 4. The molecule has 1 saturated heterocycles. The third-order valence-corrected chi connectivity index (χ3v) is 4.67. The van der Waals surface area contributed by atoms with Crippen LogP contribution < -0.4 is 0 Å². The molecule has 0 unspecified atom stereocenters. The Hall–Kier alpha value is -2.56. The molecule has 26 heavy (non-hydrogen) atoms. The topological polar surface area (TPSA) is 57.6 Å². The predicted octanol–water partition coefficient (Wildman–Crippen LogP) is 4.60. The fourth-order valence-corrected chi connectivity index (χ4v) is 3.21. The van der Waals surface area contributed by atoms with E-state index in [0.717, 1.165) is 0 Å². The Morgan fingerprint density at radius 2 is 1.58 bits per heavy atom. The Kier molecular flexibility index (Phi) is 5.16. The van der Waals surface area contributed by atoms with Crippen molar-refractivity contribution >= 4 is 40.7 Å². The number of carbonyl (C=O) groups is 2. The lowest BCUT2D eigenvalue weighted by Gasteiger charge is -2.24. The summed E-state index contributed by atoms with van der Waals surface area (Å²) in [4.78, 5) is 26.5. The van der Waals surface area contributed by atoms with Gasteiger partial charge in [-0.3, -0.25) is 9.59 Å². The number of Topliss-reactive ketones (excluding diaryl/α,β-unsaturated/α-hetero) is 1. The molecule has 6 heteroatoms. The molecule has 1 fully saturated rings. The zero-order valence-corrected chi connectivity index (χ0v) is 15.2. The largest absolute Gasteiger partial charge is 0.507 e. The minimum atomic E-state index is -0.737. The monoisotopic (exact) mass is 387 g/mol. The van der Waals surface area contributed by atoms with Crippen molar-refractivity contribution in [3.05, 3.63) is 87.9 Å². The molecule has 2 aromatic carbocycles. The van der Waals surface area contributed by atoms with Crippen LogP contribution in [0.25, 0.3) is 5.76 Å². The van der Waals surface area contributed by atoms with Crippen molar-refractivity contribution in [1.82, 2.24) is 4.90 Å². The molecule has 1 aliphatic heterocycles. The fourth-order valence-electron chi connectivity index (χ4n) is 2.96. The maximum atomic E-state index is 12.6. The van der Waals surface area contributed by atoms with E-state index in [-0.39, 0.29) is 17.9 Å². The van der Waals surface area contributed by atoms with Crippen molar-refractivity contribution in [2.24, 2.45) is 0 Å². The number of aliphatic hydroxyl groups is 1. The highest BCUT2D eigenvalue weighted by molar-refractivity contribution is 6.46. The summed E-state index contributed by atoms with van der Waals surface area (Å²) in [5.74, 6) is -1.66. The van der Waals surface area contributed by atoms with Crippen LogP contribution in [0.15, 0.2) is 66.8 Å². The van der Waals surface area contributed by atoms with Gasteiger partial charge >= 0.3 is 0 Å². The van der Waals surface area contributed by atoms with Gasteiger partial charge in [0.05, 0.1) is 11.6 Å². The average Bonchev–Trinajstić information content (AvgIpc) is 2.88. The number of hydrogen-bond acceptors (Lipinski definition) is 3. The first-order chi connectivity index (χ1) is 12.4. The van der Waals surface area contributed by atoms with E-state index in [1.54, 1.807) is 48.5 Å². The first-order valence-corrected chi connectivity index (χ1v) is 8.60. The maximum absolute atomic E-state index is 12.6. The van der Waals surface area contributed by atoms with Crippen LogP contribution in [0.3, 0.4) is 0 Å². The highest BCUT2D eigenvalue weighted by Crippen LogP contribution is 2.39. The molecule has 1 atom stereocenters. The molecule has 0 spiro atoms. The van der Waals surface area contributed by atoms with Crippen LogP contribution in [0.2, 0.25) is 10.0 Å². The SMILES string of the molecule is C=CCN1C(=O)C(=O)C(=C(O)c2ccc(Cl)cc2)[C@@H]1c1ccc(Cl)cc1. The highest BCUT2D eigenvalue weighted by Gasteiger charge is 2.45. The van der Waals surface area contributed by atoms with E-state index in [2.05, 4.69) is 6.58 Å². The molecule has 0 aliphatic carbocycles. The molecule has 2 aromatic rings. The summed E-state index contributed by atoms with van der Waals surface area (Å²) in [5.41, 5.74) is 1.11. The summed E-state index contributed by atoms with van der Waals surface area (Å²) >= 11 is 11.8. The number of nitrogens with zero attached hydrogens (tertiary/aromatic N) is 1. The van der Waals surface area contributed by atoms with Gasteiger partial charge in [-0.1, -0.05) is 41.4 Å². The Bertz CT molecular complexity index is 902. The lowest BCUT2D eigenvalue weighted by Crippen LogP contribution is -2.29. The molecule has 1 aliphatic rings. The maximum Gasteiger partial charge on any atom is 0.295 e. The van der Waals surface area contributed by atoms with E-state index in [0.29, 0.717) is 21.2 Å².